The molecule has 9 heteroatoms. The summed E-state index contributed by atoms with van der Waals surface area (Å²) in [7, 11) is 0. The number of ketones is 1. The monoisotopic (exact) mass is 403 g/mol. The Kier molecular flexibility index (Phi) is 4.34. The van der Waals surface area contributed by atoms with Crippen molar-refractivity contribution >= 4 is 11.4 Å². The van der Waals surface area contributed by atoms with Gasteiger partial charge in [0.1, 0.15) is 23.4 Å². The minimum Gasteiger partial charge on any atom is -0.493 e. The first kappa shape index (κ1) is 18.2. The zero-order valence-electron chi connectivity index (χ0n) is 15.7. The lowest BCUT2D eigenvalue weighted by molar-refractivity contribution is 0.0986. The molecule has 29 heavy (non-hydrogen) atoms. The molecule has 1 saturated carbocycles. The van der Waals surface area contributed by atoms with Crippen LogP contribution < -0.4 is 4.74 Å². The third kappa shape index (κ3) is 3.19. The van der Waals surface area contributed by atoms with Gasteiger partial charge >= 0.3 is 6.43 Å². The SMILES string of the molecule is CCOc1cc2nc(C3C4COCC43)cn2cc1CC(=O)c1coc(C(F)F)n1. The van der Waals surface area contributed by atoms with E-state index in [1.54, 1.807) is 12.3 Å². The maximum atomic E-state index is 12.7. The second-order valence-corrected chi connectivity index (χ2v) is 7.39. The number of nitrogens with zero attached hydrogens (tertiary/aromatic N) is 3. The van der Waals surface area contributed by atoms with Gasteiger partial charge in [-0.25, -0.2) is 9.97 Å². The highest BCUT2D eigenvalue weighted by atomic mass is 19.3. The molecule has 2 fully saturated rings. The number of ether oxygens (including phenoxy) is 2. The summed E-state index contributed by atoms with van der Waals surface area (Å²) in [6.07, 6.45) is 1.84. The van der Waals surface area contributed by atoms with Gasteiger partial charge in [0.15, 0.2) is 5.78 Å². The average molecular weight is 403 g/mol. The van der Waals surface area contributed by atoms with Crippen LogP contribution in [0.4, 0.5) is 8.78 Å². The number of halogens is 2. The highest BCUT2D eigenvalue weighted by Gasteiger charge is 2.55. The number of aromatic nitrogens is 3. The number of hydrogen-bond donors (Lipinski definition) is 0. The van der Waals surface area contributed by atoms with Gasteiger partial charge < -0.3 is 18.3 Å². The molecule has 152 valence electrons. The highest BCUT2D eigenvalue weighted by Crippen LogP contribution is 2.57. The van der Waals surface area contributed by atoms with Crippen LogP contribution >= 0.6 is 0 Å². The maximum absolute atomic E-state index is 12.7. The van der Waals surface area contributed by atoms with Crippen molar-refractivity contribution in [2.24, 2.45) is 11.8 Å². The molecular weight excluding hydrogens is 384 g/mol. The molecule has 1 saturated heterocycles. The minimum absolute atomic E-state index is 0.0451. The van der Waals surface area contributed by atoms with Crippen LogP contribution in [0.1, 0.15) is 46.9 Å². The van der Waals surface area contributed by atoms with Crippen LogP contribution in [0.5, 0.6) is 5.75 Å². The van der Waals surface area contributed by atoms with Gasteiger partial charge in [-0.15, -0.1) is 0 Å². The lowest BCUT2D eigenvalue weighted by Crippen LogP contribution is -2.08. The first-order chi connectivity index (χ1) is 14.0. The van der Waals surface area contributed by atoms with E-state index in [4.69, 9.17) is 14.5 Å². The number of oxazole rings is 1. The molecule has 2 aliphatic rings. The van der Waals surface area contributed by atoms with Gasteiger partial charge in [0.25, 0.3) is 5.89 Å². The maximum Gasteiger partial charge on any atom is 0.313 e. The molecule has 3 aromatic heterocycles. The van der Waals surface area contributed by atoms with E-state index < -0.39 is 18.1 Å². The molecule has 2 unspecified atom stereocenters. The molecule has 0 spiro atoms. The number of rotatable bonds is 7. The fourth-order valence-electron chi connectivity index (χ4n) is 4.12. The van der Waals surface area contributed by atoms with Crippen LogP contribution in [0.2, 0.25) is 0 Å². The Morgan fingerprint density at radius 3 is 2.79 bits per heavy atom. The number of imidazole rings is 1. The van der Waals surface area contributed by atoms with Gasteiger partial charge in [-0.05, 0) is 18.8 Å². The zero-order chi connectivity index (χ0) is 20.1. The van der Waals surface area contributed by atoms with E-state index in [2.05, 4.69) is 9.40 Å². The van der Waals surface area contributed by atoms with Crippen LogP contribution in [0.25, 0.3) is 5.65 Å². The number of fused-ring (bicyclic) bond motifs is 2. The summed E-state index contributed by atoms with van der Waals surface area (Å²) in [5.41, 5.74) is 2.27. The van der Waals surface area contributed by atoms with E-state index in [0.717, 1.165) is 30.8 Å². The number of carbonyl (C=O) groups is 1. The fourth-order valence-corrected chi connectivity index (χ4v) is 4.12. The summed E-state index contributed by atoms with van der Waals surface area (Å²) in [6, 6.07) is 1.80. The lowest BCUT2D eigenvalue weighted by Gasteiger charge is -2.10. The molecule has 0 radical (unpaired) electrons. The van der Waals surface area contributed by atoms with Gasteiger partial charge in [-0.1, -0.05) is 0 Å². The fraction of sp³-hybridized carbons (Fsp3) is 0.450. The van der Waals surface area contributed by atoms with Crippen LogP contribution in [0, 0.1) is 11.8 Å². The standard InChI is InChI=1S/C20H19F2N3O4/c1-2-28-16-4-17-23-13(18-11-7-27-8-12(11)18)6-25(17)5-10(16)3-15(26)14-9-29-20(24-14)19(21)22/h4-6,9,11-12,18-19H,2-3,7-8H2,1H3. The quantitative estimate of drug-likeness (QED) is 0.563. The van der Waals surface area contributed by atoms with Gasteiger partial charge in [0.05, 0.1) is 25.5 Å². The van der Waals surface area contributed by atoms with Gasteiger partial charge in [0.2, 0.25) is 0 Å². The van der Waals surface area contributed by atoms with Crippen LogP contribution in [-0.4, -0.2) is 40.0 Å². The second-order valence-electron chi connectivity index (χ2n) is 7.39. The van der Waals surface area contributed by atoms with Crippen LogP contribution in [0.3, 0.4) is 0 Å². The summed E-state index contributed by atoms with van der Waals surface area (Å²) in [4.78, 5) is 20.8. The van der Waals surface area contributed by atoms with Gasteiger partial charge in [-0.2, -0.15) is 8.78 Å². The molecule has 0 bridgehead atoms. The van der Waals surface area contributed by atoms with Gasteiger partial charge in [-0.3, -0.25) is 4.79 Å². The normalized spacial score (nSPS) is 23.0. The van der Waals surface area contributed by atoms with Gasteiger partial charge in [0, 0.05) is 36.4 Å². The molecule has 0 aromatic carbocycles. The second kappa shape index (κ2) is 6.91. The Morgan fingerprint density at radius 2 is 2.10 bits per heavy atom. The third-order valence-electron chi connectivity index (χ3n) is 5.59. The summed E-state index contributed by atoms with van der Waals surface area (Å²) >= 11 is 0. The summed E-state index contributed by atoms with van der Waals surface area (Å²) in [6.45, 7) is 3.84. The Balaban J connectivity index is 1.43. The number of hydrogen-bond acceptors (Lipinski definition) is 6. The van der Waals surface area contributed by atoms with Crippen molar-refractivity contribution in [3.05, 3.63) is 47.6 Å². The predicted molar refractivity (Wildman–Crippen MR) is 96.4 cm³/mol. The van der Waals surface area contributed by atoms with Crippen molar-refractivity contribution in [1.29, 1.82) is 0 Å². The summed E-state index contributed by atoms with van der Waals surface area (Å²) < 4.78 is 43.0. The van der Waals surface area contributed by atoms with E-state index in [0.29, 0.717) is 35.7 Å². The molecule has 0 N–H and O–H groups in total. The van der Waals surface area contributed by atoms with Crippen molar-refractivity contribution in [3.8, 4) is 5.75 Å². The van der Waals surface area contributed by atoms with E-state index in [-0.39, 0.29) is 12.1 Å². The third-order valence-corrected chi connectivity index (χ3v) is 5.59. The minimum atomic E-state index is -2.86. The molecule has 5 rings (SSSR count). The smallest absolute Gasteiger partial charge is 0.313 e. The van der Waals surface area contributed by atoms with Crippen molar-refractivity contribution in [2.45, 2.75) is 25.7 Å². The number of carbonyl (C=O) groups excluding carboxylic acids is 1. The molecular formula is C20H19F2N3O4. The van der Waals surface area contributed by atoms with Crippen molar-refractivity contribution < 1.29 is 27.5 Å². The number of Topliss-reactive ketones (excluding diaryl/α,β-unsaturated/α-hetero) is 1. The Bertz CT molecular complexity index is 1070. The van der Waals surface area contributed by atoms with E-state index in [9.17, 15) is 13.6 Å². The molecule has 2 atom stereocenters. The average Bonchev–Trinajstić information content (AvgIpc) is 3.18. The molecule has 1 aliphatic heterocycles. The molecule has 7 nitrogen and oxygen atoms in total. The summed E-state index contributed by atoms with van der Waals surface area (Å²) in [5, 5.41) is 0. The highest BCUT2D eigenvalue weighted by molar-refractivity contribution is 5.95. The van der Waals surface area contributed by atoms with E-state index in [1.807, 2.05) is 17.5 Å². The predicted octanol–water partition coefficient (Wildman–Crippen LogP) is 3.44. The first-order valence-corrected chi connectivity index (χ1v) is 9.54. The lowest BCUT2D eigenvalue weighted by atomic mass is 10.1. The Labute approximate surface area is 164 Å². The molecule has 0 amide bonds. The zero-order valence-corrected chi connectivity index (χ0v) is 15.7. The molecule has 4 heterocycles. The van der Waals surface area contributed by atoms with E-state index >= 15 is 0 Å². The largest absolute Gasteiger partial charge is 0.493 e. The van der Waals surface area contributed by atoms with Crippen molar-refractivity contribution in [2.75, 3.05) is 19.8 Å². The topological polar surface area (TPSA) is 78.9 Å². The van der Waals surface area contributed by atoms with Crippen LogP contribution in [-0.2, 0) is 11.2 Å². The van der Waals surface area contributed by atoms with Crippen molar-refractivity contribution in [3.63, 3.8) is 0 Å². The Morgan fingerprint density at radius 1 is 1.31 bits per heavy atom. The first-order valence-electron chi connectivity index (χ1n) is 9.54. The number of alkyl halides is 2. The van der Waals surface area contributed by atoms with Crippen molar-refractivity contribution in [1.82, 2.24) is 14.4 Å². The van der Waals surface area contributed by atoms with E-state index in [1.165, 1.54) is 0 Å². The summed E-state index contributed by atoms with van der Waals surface area (Å²) in [5.74, 6) is 0.879. The molecule has 3 aromatic rings. The number of pyridine rings is 1. The van der Waals surface area contributed by atoms with Crippen LogP contribution in [0.15, 0.2) is 29.1 Å². The Hall–Kier alpha value is -2.81. The molecule has 1 aliphatic carbocycles.